The molecule has 0 saturated heterocycles. The van der Waals surface area contributed by atoms with Gasteiger partial charge in [0.15, 0.2) is 0 Å². The Labute approximate surface area is 113 Å². The zero-order valence-corrected chi connectivity index (χ0v) is 13.3. The van der Waals surface area contributed by atoms with E-state index in [1.54, 1.807) is 13.8 Å². The van der Waals surface area contributed by atoms with Gasteiger partial charge >= 0.3 is 0 Å². The lowest BCUT2D eigenvalue weighted by Gasteiger charge is -2.29. The predicted octanol–water partition coefficient (Wildman–Crippen LogP) is 3.36. The minimum atomic E-state index is -1.06. The molecule has 0 aliphatic rings. The molecule has 0 heterocycles. The maximum absolute atomic E-state index is 10.2. The highest BCUT2D eigenvalue weighted by Crippen LogP contribution is 2.29. The summed E-state index contributed by atoms with van der Waals surface area (Å²) in [6, 6.07) is 0. The summed E-state index contributed by atoms with van der Waals surface area (Å²) in [6.07, 6.45) is 1.16. The fraction of sp³-hybridized carbons (Fsp3) is 0.875. The molecule has 0 aromatic rings. The third-order valence-electron chi connectivity index (χ3n) is 2.35. The van der Waals surface area contributed by atoms with E-state index < -0.39 is 11.2 Å². The molecular weight excluding hydrogens is 224 g/mol. The molecule has 18 heavy (non-hydrogen) atoms. The molecule has 0 rings (SSSR count). The van der Waals surface area contributed by atoms with Crippen molar-refractivity contribution in [2.45, 2.75) is 79.4 Å². The molecule has 0 saturated carbocycles. The van der Waals surface area contributed by atoms with Crippen LogP contribution in [0.15, 0.2) is 0 Å². The van der Waals surface area contributed by atoms with Crippen LogP contribution in [-0.4, -0.2) is 21.4 Å². The third-order valence-corrected chi connectivity index (χ3v) is 2.35. The van der Waals surface area contributed by atoms with E-state index in [-0.39, 0.29) is 10.8 Å². The summed E-state index contributed by atoms with van der Waals surface area (Å²) in [5.41, 5.74) is -2.09. The van der Waals surface area contributed by atoms with Crippen LogP contribution in [0.4, 0.5) is 0 Å². The van der Waals surface area contributed by atoms with Gasteiger partial charge < -0.3 is 10.2 Å². The number of rotatable bonds is 2. The second kappa shape index (κ2) is 5.23. The minimum Gasteiger partial charge on any atom is -0.378 e. The molecular formula is C16H30O2. The Morgan fingerprint density at radius 3 is 1.00 bits per heavy atom. The van der Waals surface area contributed by atoms with Crippen molar-refractivity contribution in [2.75, 3.05) is 0 Å². The molecule has 0 aromatic carbocycles. The largest absolute Gasteiger partial charge is 0.378 e. The van der Waals surface area contributed by atoms with E-state index in [2.05, 4.69) is 53.4 Å². The van der Waals surface area contributed by atoms with Crippen molar-refractivity contribution in [1.82, 2.24) is 0 Å². The van der Waals surface area contributed by atoms with Crippen molar-refractivity contribution >= 4 is 0 Å². The van der Waals surface area contributed by atoms with Crippen LogP contribution in [0.1, 0.15) is 68.2 Å². The SMILES string of the molecule is CC(C)(C)CC(C)(O)C#CC(C)(O)CC(C)(C)C. The summed E-state index contributed by atoms with van der Waals surface area (Å²) in [4.78, 5) is 0. The maximum Gasteiger partial charge on any atom is 0.123 e. The first kappa shape index (κ1) is 17.5. The van der Waals surface area contributed by atoms with E-state index in [9.17, 15) is 10.2 Å². The average molecular weight is 254 g/mol. The Balaban J connectivity index is 4.84. The van der Waals surface area contributed by atoms with Gasteiger partial charge in [0.1, 0.15) is 11.2 Å². The van der Waals surface area contributed by atoms with Crippen molar-refractivity contribution in [3.8, 4) is 11.8 Å². The molecule has 2 nitrogen and oxygen atoms in total. The van der Waals surface area contributed by atoms with Gasteiger partial charge in [-0.1, -0.05) is 53.4 Å². The molecule has 0 amide bonds. The van der Waals surface area contributed by atoms with E-state index in [1.807, 2.05) is 0 Å². The molecule has 0 radical (unpaired) electrons. The highest BCUT2D eigenvalue weighted by Gasteiger charge is 2.28. The molecule has 0 aromatic heterocycles. The van der Waals surface area contributed by atoms with Gasteiger partial charge in [0.05, 0.1) is 0 Å². The fourth-order valence-electron chi connectivity index (χ4n) is 2.42. The second-order valence-electron chi connectivity index (χ2n) is 8.27. The monoisotopic (exact) mass is 254 g/mol. The Hall–Kier alpha value is -0.520. The minimum absolute atomic E-state index is 0.00800. The first-order valence-corrected chi connectivity index (χ1v) is 6.61. The maximum atomic E-state index is 10.2. The van der Waals surface area contributed by atoms with Gasteiger partial charge in [0, 0.05) is 0 Å². The normalized spacial score (nSPS) is 19.4. The second-order valence-corrected chi connectivity index (χ2v) is 8.27. The lowest BCUT2D eigenvalue weighted by atomic mass is 9.81. The van der Waals surface area contributed by atoms with Gasteiger partial charge in [-0.3, -0.25) is 0 Å². The van der Waals surface area contributed by atoms with Gasteiger partial charge in [-0.25, -0.2) is 0 Å². The molecule has 0 aliphatic carbocycles. The van der Waals surface area contributed by atoms with Crippen LogP contribution in [-0.2, 0) is 0 Å². The van der Waals surface area contributed by atoms with Crippen molar-refractivity contribution in [3.05, 3.63) is 0 Å². The van der Waals surface area contributed by atoms with Gasteiger partial charge in [-0.05, 0) is 37.5 Å². The van der Waals surface area contributed by atoms with Gasteiger partial charge in [0.25, 0.3) is 0 Å². The van der Waals surface area contributed by atoms with Crippen molar-refractivity contribution in [2.24, 2.45) is 10.8 Å². The van der Waals surface area contributed by atoms with E-state index in [4.69, 9.17) is 0 Å². The van der Waals surface area contributed by atoms with Crippen LogP contribution in [0.5, 0.6) is 0 Å². The molecule has 2 atom stereocenters. The van der Waals surface area contributed by atoms with E-state index >= 15 is 0 Å². The topological polar surface area (TPSA) is 40.5 Å². The molecule has 2 heteroatoms. The Morgan fingerprint density at radius 1 is 0.611 bits per heavy atom. The highest BCUT2D eigenvalue weighted by molar-refractivity contribution is 5.20. The average Bonchev–Trinajstić information content (AvgIpc) is 1.91. The Bertz CT molecular complexity index is 295. The van der Waals surface area contributed by atoms with Crippen LogP contribution in [0.2, 0.25) is 0 Å². The van der Waals surface area contributed by atoms with Crippen LogP contribution >= 0.6 is 0 Å². The summed E-state index contributed by atoms with van der Waals surface area (Å²) in [5.74, 6) is 5.67. The predicted molar refractivity (Wildman–Crippen MR) is 77.2 cm³/mol. The summed E-state index contributed by atoms with van der Waals surface area (Å²) >= 11 is 0. The van der Waals surface area contributed by atoms with Crippen LogP contribution in [0.3, 0.4) is 0 Å². The zero-order valence-electron chi connectivity index (χ0n) is 13.3. The van der Waals surface area contributed by atoms with Gasteiger partial charge in [-0.15, -0.1) is 0 Å². The Morgan fingerprint density at radius 2 is 0.833 bits per heavy atom. The lowest BCUT2D eigenvalue weighted by molar-refractivity contribution is 0.0628. The standard InChI is InChI=1S/C16H30O2/c1-13(2,3)11-15(7,17)9-10-16(8,18)12-14(4,5)6/h17-18H,11-12H2,1-8H3. The molecule has 0 spiro atoms. The van der Waals surface area contributed by atoms with Crippen LogP contribution < -0.4 is 0 Å². The molecule has 0 fully saturated rings. The molecule has 0 bridgehead atoms. The van der Waals surface area contributed by atoms with Crippen LogP contribution in [0, 0.1) is 22.7 Å². The Kier molecular flexibility index (Phi) is 5.08. The quantitative estimate of drug-likeness (QED) is 0.742. The zero-order chi connectivity index (χ0) is 14.8. The first-order valence-electron chi connectivity index (χ1n) is 6.61. The van der Waals surface area contributed by atoms with E-state index in [1.165, 1.54) is 0 Å². The molecule has 2 N–H and O–H groups in total. The summed E-state index contributed by atoms with van der Waals surface area (Å²) in [7, 11) is 0. The summed E-state index contributed by atoms with van der Waals surface area (Å²) < 4.78 is 0. The van der Waals surface area contributed by atoms with E-state index in [0.717, 1.165) is 0 Å². The fourth-order valence-corrected chi connectivity index (χ4v) is 2.42. The molecule has 106 valence electrons. The van der Waals surface area contributed by atoms with Gasteiger partial charge in [0.2, 0.25) is 0 Å². The molecule has 2 unspecified atom stereocenters. The number of hydrogen-bond acceptors (Lipinski definition) is 2. The third kappa shape index (κ3) is 9.50. The van der Waals surface area contributed by atoms with Crippen molar-refractivity contribution in [3.63, 3.8) is 0 Å². The first-order chi connectivity index (χ1) is 7.62. The lowest BCUT2D eigenvalue weighted by Crippen LogP contribution is -2.32. The van der Waals surface area contributed by atoms with Gasteiger partial charge in [-0.2, -0.15) is 0 Å². The molecule has 0 aliphatic heterocycles. The summed E-state index contributed by atoms with van der Waals surface area (Å²) in [6.45, 7) is 15.8. The van der Waals surface area contributed by atoms with Crippen molar-refractivity contribution in [1.29, 1.82) is 0 Å². The summed E-state index contributed by atoms with van der Waals surface area (Å²) in [5, 5.41) is 20.5. The van der Waals surface area contributed by atoms with Crippen LogP contribution in [0.25, 0.3) is 0 Å². The highest BCUT2D eigenvalue weighted by atomic mass is 16.3. The number of hydrogen-bond donors (Lipinski definition) is 2. The number of aliphatic hydroxyl groups is 2. The smallest absolute Gasteiger partial charge is 0.123 e. The van der Waals surface area contributed by atoms with Crippen molar-refractivity contribution < 1.29 is 10.2 Å². The van der Waals surface area contributed by atoms with E-state index in [0.29, 0.717) is 12.8 Å².